The molecule has 0 aliphatic carbocycles. The van der Waals surface area contributed by atoms with Crippen molar-refractivity contribution in [2.75, 3.05) is 13.7 Å². The molecule has 202 valence electrons. The number of carbonyl (C=O) groups is 2. The van der Waals surface area contributed by atoms with Crippen LogP contribution in [0.4, 0.5) is 0 Å². The minimum Gasteiger partial charge on any atom is -0.493 e. The van der Waals surface area contributed by atoms with Crippen molar-refractivity contribution in [3.05, 3.63) is 105 Å². The second-order valence-electron chi connectivity index (χ2n) is 8.66. The molecular weight excluding hydrogens is 512 g/mol. The first-order valence-electron chi connectivity index (χ1n) is 12.4. The number of nitrogens with one attached hydrogen (secondary N) is 1. The Morgan fingerprint density at radius 1 is 1.05 bits per heavy atom. The van der Waals surface area contributed by atoms with E-state index in [4.69, 9.17) is 18.6 Å². The lowest BCUT2D eigenvalue weighted by Crippen LogP contribution is -2.30. The highest BCUT2D eigenvalue weighted by Crippen LogP contribution is 2.29. The third-order valence-corrected chi connectivity index (χ3v) is 5.95. The number of hydrogen-bond donors (Lipinski definition) is 1. The molecular formula is C31H26N2O7. The largest absolute Gasteiger partial charge is 0.493 e. The molecule has 0 saturated carbocycles. The lowest BCUT2D eigenvalue weighted by Gasteiger charge is -2.14. The van der Waals surface area contributed by atoms with E-state index in [1.807, 2.05) is 50.2 Å². The van der Waals surface area contributed by atoms with E-state index in [2.05, 4.69) is 5.32 Å². The zero-order chi connectivity index (χ0) is 28.6. The lowest BCUT2D eigenvalue weighted by molar-refractivity contribution is -0.129. The Bertz CT molecular complexity index is 1680. The van der Waals surface area contributed by atoms with E-state index in [0.29, 0.717) is 29.1 Å². The maximum Gasteiger partial charge on any atom is 0.354 e. The van der Waals surface area contributed by atoms with Crippen LogP contribution in [-0.4, -0.2) is 25.6 Å². The molecule has 1 amide bonds. The van der Waals surface area contributed by atoms with Gasteiger partial charge in [0.25, 0.3) is 5.91 Å². The van der Waals surface area contributed by atoms with E-state index in [9.17, 15) is 19.6 Å². The van der Waals surface area contributed by atoms with Crippen LogP contribution in [0.2, 0.25) is 0 Å². The van der Waals surface area contributed by atoms with Crippen molar-refractivity contribution in [3.8, 4) is 23.3 Å². The highest BCUT2D eigenvalue weighted by atomic mass is 16.5. The second-order valence-corrected chi connectivity index (χ2v) is 8.66. The number of ether oxygens (including phenoxy) is 3. The predicted octanol–water partition coefficient (Wildman–Crippen LogP) is 5.20. The van der Waals surface area contributed by atoms with Gasteiger partial charge in [-0.15, -0.1) is 0 Å². The molecule has 1 atom stereocenters. The molecule has 0 spiro atoms. The molecule has 4 rings (SSSR count). The lowest BCUT2D eigenvalue weighted by atomic mass is 10.1. The molecule has 0 radical (unpaired) electrons. The molecule has 1 N–H and O–H groups in total. The van der Waals surface area contributed by atoms with Gasteiger partial charge in [0.1, 0.15) is 28.5 Å². The van der Waals surface area contributed by atoms with Crippen LogP contribution in [0.5, 0.6) is 17.2 Å². The fourth-order valence-corrected chi connectivity index (χ4v) is 3.93. The van der Waals surface area contributed by atoms with Gasteiger partial charge in [-0.25, -0.2) is 9.59 Å². The third kappa shape index (κ3) is 6.37. The van der Waals surface area contributed by atoms with Gasteiger partial charge in [-0.3, -0.25) is 4.79 Å². The van der Waals surface area contributed by atoms with Crippen LogP contribution >= 0.6 is 0 Å². The van der Waals surface area contributed by atoms with E-state index in [1.165, 1.54) is 31.4 Å². The summed E-state index contributed by atoms with van der Waals surface area (Å²) in [5.41, 5.74) is 0.288. The summed E-state index contributed by atoms with van der Waals surface area (Å²) in [6, 6.07) is 21.6. The molecule has 3 aromatic carbocycles. The molecule has 0 bridgehead atoms. The molecule has 1 heterocycles. The molecule has 1 aromatic heterocycles. The number of amides is 1. The van der Waals surface area contributed by atoms with Crippen molar-refractivity contribution < 1.29 is 28.2 Å². The van der Waals surface area contributed by atoms with Gasteiger partial charge >= 0.3 is 11.6 Å². The molecule has 4 aromatic rings. The van der Waals surface area contributed by atoms with Gasteiger partial charge in [0, 0.05) is 11.5 Å². The Hall–Kier alpha value is -5.36. The van der Waals surface area contributed by atoms with Crippen molar-refractivity contribution in [2.24, 2.45) is 0 Å². The van der Waals surface area contributed by atoms with Crippen molar-refractivity contribution in [3.63, 3.8) is 0 Å². The summed E-state index contributed by atoms with van der Waals surface area (Å²) >= 11 is 0. The first kappa shape index (κ1) is 27.7. The van der Waals surface area contributed by atoms with E-state index in [-0.39, 0.29) is 28.5 Å². The number of fused-ring (bicyclic) bond motifs is 1. The topological polar surface area (TPSA) is 128 Å². The van der Waals surface area contributed by atoms with Crippen molar-refractivity contribution in [1.82, 2.24) is 5.32 Å². The van der Waals surface area contributed by atoms with Crippen molar-refractivity contribution in [1.29, 1.82) is 5.26 Å². The normalized spacial score (nSPS) is 11.8. The molecule has 9 heteroatoms. The van der Waals surface area contributed by atoms with Crippen molar-refractivity contribution in [2.45, 2.75) is 19.9 Å². The zero-order valence-electron chi connectivity index (χ0n) is 22.1. The summed E-state index contributed by atoms with van der Waals surface area (Å²) in [6.07, 6.45) is 1.36. The first-order chi connectivity index (χ1) is 19.3. The summed E-state index contributed by atoms with van der Waals surface area (Å²) in [5.74, 6) is -0.429. The van der Waals surface area contributed by atoms with Crippen LogP contribution < -0.4 is 25.2 Å². The average Bonchev–Trinajstić information content (AvgIpc) is 2.96. The average molecular weight is 539 g/mol. The molecule has 0 saturated heterocycles. The van der Waals surface area contributed by atoms with Gasteiger partial charge in [-0.05, 0) is 61.4 Å². The van der Waals surface area contributed by atoms with E-state index < -0.39 is 17.5 Å². The highest BCUT2D eigenvalue weighted by molar-refractivity contribution is 6.00. The van der Waals surface area contributed by atoms with Crippen LogP contribution in [0.1, 0.15) is 41.4 Å². The summed E-state index contributed by atoms with van der Waals surface area (Å²) in [4.78, 5) is 38.1. The minimum atomic E-state index is -0.900. The predicted molar refractivity (Wildman–Crippen MR) is 148 cm³/mol. The van der Waals surface area contributed by atoms with E-state index in [0.717, 1.165) is 5.56 Å². The quantitative estimate of drug-likeness (QED) is 0.101. The first-order valence-corrected chi connectivity index (χ1v) is 12.4. The van der Waals surface area contributed by atoms with Gasteiger partial charge in [0.2, 0.25) is 0 Å². The van der Waals surface area contributed by atoms with Gasteiger partial charge in [-0.2, -0.15) is 5.26 Å². The maximum absolute atomic E-state index is 12.8. The van der Waals surface area contributed by atoms with Gasteiger partial charge < -0.3 is 23.9 Å². The Morgan fingerprint density at radius 2 is 1.82 bits per heavy atom. The fraction of sp³-hybridized carbons (Fsp3) is 0.161. The summed E-state index contributed by atoms with van der Waals surface area (Å²) in [5, 5.41) is 12.8. The molecule has 0 fully saturated rings. The smallest absolute Gasteiger partial charge is 0.354 e. The number of esters is 1. The number of benzene rings is 3. The molecule has 40 heavy (non-hydrogen) atoms. The molecule has 1 unspecified atom stereocenters. The van der Waals surface area contributed by atoms with Crippen molar-refractivity contribution >= 4 is 28.9 Å². The standard InChI is InChI=1S/C31H26N2O7/c1-4-38-26-13-10-20(15-28(26)37-3)14-23(18-32)30(35)39-24-12-11-22-16-25(31(36)40-27(22)17-24)29(34)33-19(2)21-8-6-5-7-9-21/h5-17,19H,4H2,1-3H3,(H,33,34)/b23-14+. The number of nitriles is 1. The van der Waals surface area contributed by atoms with Gasteiger partial charge in [0.15, 0.2) is 11.5 Å². The fourth-order valence-electron chi connectivity index (χ4n) is 3.93. The number of methoxy groups -OCH3 is 1. The third-order valence-electron chi connectivity index (χ3n) is 5.95. The van der Waals surface area contributed by atoms with Crippen LogP contribution in [0.3, 0.4) is 0 Å². The Labute approximate surface area is 230 Å². The highest BCUT2D eigenvalue weighted by Gasteiger charge is 2.18. The van der Waals surface area contributed by atoms with Crippen LogP contribution in [0.15, 0.2) is 87.6 Å². The number of rotatable bonds is 9. The number of hydrogen-bond acceptors (Lipinski definition) is 8. The Kier molecular flexibility index (Phi) is 8.62. The van der Waals surface area contributed by atoms with Crippen LogP contribution in [-0.2, 0) is 4.79 Å². The summed E-state index contributed by atoms with van der Waals surface area (Å²) in [6.45, 7) is 4.11. The van der Waals surface area contributed by atoms with E-state index in [1.54, 1.807) is 24.3 Å². The zero-order valence-corrected chi connectivity index (χ0v) is 22.1. The summed E-state index contributed by atoms with van der Waals surface area (Å²) < 4.78 is 21.5. The Morgan fingerprint density at radius 3 is 2.52 bits per heavy atom. The minimum absolute atomic E-state index is 0.0565. The van der Waals surface area contributed by atoms with Crippen LogP contribution in [0.25, 0.3) is 17.0 Å². The maximum atomic E-state index is 12.8. The van der Waals surface area contributed by atoms with Gasteiger partial charge in [-0.1, -0.05) is 36.4 Å². The molecule has 0 aliphatic heterocycles. The monoisotopic (exact) mass is 538 g/mol. The molecule has 9 nitrogen and oxygen atoms in total. The second kappa shape index (κ2) is 12.5. The SMILES string of the molecule is CCOc1ccc(/C=C(\C#N)C(=O)Oc2ccc3cc(C(=O)NC(C)c4ccccc4)c(=O)oc3c2)cc1OC. The van der Waals surface area contributed by atoms with Gasteiger partial charge in [0.05, 0.1) is 19.8 Å². The number of carbonyl (C=O) groups excluding carboxylic acids is 2. The summed E-state index contributed by atoms with van der Waals surface area (Å²) in [7, 11) is 1.49. The number of nitrogens with zero attached hydrogens (tertiary/aromatic N) is 1. The molecule has 0 aliphatic rings. The van der Waals surface area contributed by atoms with Crippen LogP contribution in [0, 0.1) is 11.3 Å². The Balaban J connectivity index is 1.52. The van der Waals surface area contributed by atoms with E-state index >= 15 is 0 Å².